The molecular formula is C24H21N3O2. The van der Waals surface area contributed by atoms with Crippen LogP contribution in [0.15, 0.2) is 73.1 Å². The first-order valence-electron chi connectivity index (χ1n) is 9.39. The Morgan fingerprint density at radius 2 is 1.93 bits per heavy atom. The Bertz CT molecular complexity index is 1170. The monoisotopic (exact) mass is 383 g/mol. The van der Waals surface area contributed by atoms with Crippen molar-refractivity contribution in [1.29, 1.82) is 0 Å². The summed E-state index contributed by atoms with van der Waals surface area (Å²) < 4.78 is 5.82. The molecule has 0 atom stereocenters. The molecule has 1 amide bonds. The molecular weight excluding hydrogens is 362 g/mol. The van der Waals surface area contributed by atoms with E-state index in [1.807, 2.05) is 74.5 Å². The Hall–Kier alpha value is -3.73. The summed E-state index contributed by atoms with van der Waals surface area (Å²) in [4.78, 5) is 21.6. The molecule has 0 bridgehead atoms. The lowest BCUT2D eigenvalue weighted by molar-refractivity contribution is 0.102. The van der Waals surface area contributed by atoms with Crippen LogP contribution in [0.3, 0.4) is 0 Å². The number of aryl methyl sites for hydroxylation is 2. The largest absolute Gasteiger partial charge is 0.489 e. The van der Waals surface area contributed by atoms with Crippen molar-refractivity contribution in [3.05, 3.63) is 95.4 Å². The van der Waals surface area contributed by atoms with Crippen molar-refractivity contribution in [2.45, 2.75) is 20.5 Å². The number of benzene rings is 2. The highest BCUT2D eigenvalue weighted by Crippen LogP contribution is 2.23. The Labute approximate surface area is 169 Å². The van der Waals surface area contributed by atoms with Gasteiger partial charge in [0.2, 0.25) is 0 Å². The Kier molecular flexibility index (Phi) is 5.20. The Morgan fingerprint density at radius 1 is 1.03 bits per heavy atom. The lowest BCUT2D eigenvalue weighted by atomic mass is 10.0. The van der Waals surface area contributed by atoms with Crippen molar-refractivity contribution >= 4 is 22.5 Å². The first-order chi connectivity index (χ1) is 14.1. The lowest BCUT2D eigenvalue weighted by Crippen LogP contribution is -2.13. The van der Waals surface area contributed by atoms with Gasteiger partial charge in [0.1, 0.15) is 12.4 Å². The van der Waals surface area contributed by atoms with Crippen molar-refractivity contribution < 1.29 is 9.53 Å². The highest BCUT2D eigenvalue weighted by Gasteiger charge is 2.13. The van der Waals surface area contributed by atoms with Crippen LogP contribution in [0.4, 0.5) is 5.69 Å². The minimum atomic E-state index is -0.171. The number of ether oxygens (including phenoxy) is 1. The molecule has 0 saturated carbocycles. The number of rotatable bonds is 5. The van der Waals surface area contributed by atoms with Gasteiger partial charge in [0.25, 0.3) is 5.91 Å². The number of pyridine rings is 2. The van der Waals surface area contributed by atoms with Crippen molar-refractivity contribution in [2.24, 2.45) is 0 Å². The summed E-state index contributed by atoms with van der Waals surface area (Å²) in [5.41, 5.74) is 4.97. The summed E-state index contributed by atoms with van der Waals surface area (Å²) in [7, 11) is 0. The fourth-order valence-electron chi connectivity index (χ4n) is 3.17. The molecule has 0 aliphatic carbocycles. The van der Waals surface area contributed by atoms with Gasteiger partial charge in [-0.15, -0.1) is 0 Å². The summed E-state index contributed by atoms with van der Waals surface area (Å²) >= 11 is 0. The van der Waals surface area contributed by atoms with Crippen molar-refractivity contribution in [1.82, 2.24) is 9.97 Å². The van der Waals surface area contributed by atoms with Crippen molar-refractivity contribution in [2.75, 3.05) is 5.32 Å². The second-order valence-electron chi connectivity index (χ2n) is 6.96. The quantitative estimate of drug-likeness (QED) is 0.522. The highest BCUT2D eigenvalue weighted by atomic mass is 16.5. The van der Waals surface area contributed by atoms with Crippen LogP contribution in [-0.2, 0) is 6.61 Å². The number of carbonyl (C=O) groups is 1. The Balaban J connectivity index is 1.54. The molecule has 5 heteroatoms. The number of nitrogens with zero attached hydrogens (tertiary/aromatic N) is 2. The van der Waals surface area contributed by atoms with Gasteiger partial charge in [-0.3, -0.25) is 14.8 Å². The fourth-order valence-corrected chi connectivity index (χ4v) is 3.17. The van der Waals surface area contributed by atoms with Gasteiger partial charge in [0.05, 0.1) is 11.1 Å². The van der Waals surface area contributed by atoms with Gasteiger partial charge in [-0.1, -0.05) is 23.8 Å². The van der Waals surface area contributed by atoms with Crippen LogP contribution in [0.25, 0.3) is 10.9 Å². The van der Waals surface area contributed by atoms with Crippen LogP contribution >= 0.6 is 0 Å². The summed E-state index contributed by atoms with van der Waals surface area (Å²) in [6.07, 6.45) is 3.50. The smallest absolute Gasteiger partial charge is 0.256 e. The summed E-state index contributed by atoms with van der Waals surface area (Å²) in [5, 5.41) is 3.82. The number of anilines is 1. The second kappa shape index (κ2) is 8.10. The number of fused-ring (bicyclic) bond motifs is 1. The number of aromatic nitrogens is 2. The first kappa shape index (κ1) is 18.6. The number of hydrogen-bond donors (Lipinski definition) is 1. The van der Waals surface area contributed by atoms with Crippen LogP contribution in [0.5, 0.6) is 5.75 Å². The third-order valence-electron chi connectivity index (χ3n) is 4.56. The van der Waals surface area contributed by atoms with E-state index in [9.17, 15) is 4.79 Å². The predicted molar refractivity (Wildman–Crippen MR) is 114 cm³/mol. The van der Waals surface area contributed by atoms with Gasteiger partial charge < -0.3 is 10.1 Å². The molecule has 4 rings (SSSR count). The third kappa shape index (κ3) is 4.41. The molecule has 0 unspecified atom stereocenters. The molecule has 0 saturated heterocycles. The molecule has 1 N–H and O–H groups in total. The molecule has 29 heavy (non-hydrogen) atoms. The minimum Gasteiger partial charge on any atom is -0.489 e. The van der Waals surface area contributed by atoms with Crippen molar-refractivity contribution in [3.63, 3.8) is 0 Å². The van der Waals surface area contributed by atoms with Gasteiger partial charge in [0, 0.05) is 40.8 Å². The SMILES string of the molecule is Cc1ccc2nc(C)cc(C(=O)Nc3cccc(OCc4cccnc4)c3)c2c1. The zero-order chi connectivity index (χ0) is 20.2. The molecule has 0 aliphatic rings. The standard InChI is InChI=1S/C24H21N3O2/c1-16-8-9-23-21(11-16)22(12-17(2)26-23)24(28)27-19-6-3-7-20(13-19)29-15-18-5-4-10-25-14-18/h3-14H,15H2,1-2H3,(H,27,28). The van der Waals surface area contributed by atoms with Crippen LogP contribution in [0, 0.1) is 13.8 Å². The fraction of sp³-hybridized carbons (Fsp3) is 0.125. The molecule has 0 fully saturated rings. The van der Waals surface area contributed by atoms with E-state index in [-0.39, 0.29) is 5.91 Å². The molecule has 0 aliphatic heterocycles. The molecule has 0 radical (unpaired) electrons. The maximum Gasteiger partial charge on any atom is 0.256 e. The molecule has 5 nitrogen and oxygen atoms in total. The predicted octanol–water partition coefficient (Wildman–Crippen LogP) is 5.08. The van der Waals surface area contributed by atoms with Crippen LogP contribution in [0.2, 0.25) is 0 Å². The zero-order valence-electron chi connectivity index (χ0n) is 16.3. The number of nitrogens with one attached hydrogen (secondary N) is 1. The second-order valence-corrected chi connectivity index (χ2v) is 6.96. The van der Waals surface area contributed by atoms with Gasteiger partial charge >= 0.3 is 0 Å². The van der Waals surface area contributed by atoms with Crippen LogP contribution < -0.4 is 10.1 Å². The zero-order valence-corrected chi connectivity index (χ0v) is 16.3. The van der Waals surface area contributed by atoms with E-state index < -0.39 is 0 Å². The summed E-state index contributed by atoms with van der Waals surface area (Å²) in [5.74, 6) is 0.508. The molecule has 0 spiro atoms. The van der Waals surface area contributed by atoms with E-state index in [0.717, 1.165) is 27.7 Å². The number of amides is 1. The molecule has 2 aromatic heterocycles. The van der Waals surface area contributed by atoms with Gasteiger partial charge in [-0.05, 0) is 50.2 Å². The van der Waals surface area contributed by atoms with E-state index in [2.05, 4.69) is 15.3 Å². The third-order valence-corrected chi connectivity index (χ3v) is 4.56. The van der Waals surface area contributed by atoms with Gasteiger partial charge in [-0.25, -0.2) is 0 Å². The number of hydrogen-bond acceptors (Lipinski definition) is 4. The molecule has 2 aromatic carbocycles. The van der Waals surface area contributed by atoms with E-state index in [1.165, 1.54) is 0 Å². The molecule has 2 heterocycles. The van der Waals surface area contributed by atoms with E-state index in [0.29, 0.717) is 23.6 Å². The van der Waals surface area contributed by atoms with Gasteiger partial charge in [0.15, 0.2) is 0 Å². The minimum absolute atomic E-state index is 0.171. The average Bonchev–Trinajstić information content (AvgIpc) is 2.73. The summed E-state index contributed by atoms with van der Waals surface area (Å²) in [6, 6.07) is 19.0. The topological polar surface area (TPSA) is 64.1 Å². The first-order valence-corrected chi connectivity index (χ1v) is 9.39. The number of carbonyl (C=O) groups excluding carboxylic acids is 1. The maximum absolute atomic E-state index is 13.0. The average molecular weight is 383 g/mol. The van der Waals surface area contributed by atoms with Crippen LogP contribution in [0.1, 0.15) is 27.2 Å². The lowest BCUT2D eigenvalue weighted by Gasteiger charge is -2.11. The normalized spacial score (nSPS) is 10.7. The molecule has 4 aromatic rings. The van der Waals surface area contributed by atoms with E-state index >= 15 is 0 Å². The summed E-state index contributed by atoms with van der Waals surface area (Å²) in [6.45, 7) is 4.31. The highest BCUT2D eigenvalue weighted by molar-refractivity contribution is 6.12. The molecule has 144 valence electrons. The van der Waals surface area contributed by atoms with E-state index in [1.54, 1.807) is 12.4 Å². The van der Waals surface area contributed by atoms with Crippen LogP contribution in [-0.4, -0.2) is 15.9 Å². The van der Waals surface area contributed by atoms with Gasteiger partial charge in [-0.2, -0.15) is 0 Å². The van der Waals surface area contributed by atoms with Crippen molar-refractivity contribution in [3.8, 4) is 5.75 Å². The maximum atomic E-state index is 13.0. The van der Waals surface area contributed by atoms with E-state index in [4.69, 9.17) is 4.74 Å². The Morgan fingerprint density at radius 3 is 2.76 bits per heavy atom.